The molecule has 0 aliphatic carbocycles. The molecule has 0 radical (unpaired) electrons. The summed E-state index contributed by atoms with van der Waals surface area (Å²) in [5.41, 5.74) is 4.99. The SMILES string of the molecule is CC(=O)CC(C)C(CCCCN)C(=O)OC(C)(C)C. The Morgan fingerprint density at radius 3 is 2.21 bits per heavy atom. The number of Topliss-reactive ketones (excluding diaryl/α,β-unsaturated/α-hetero) is 1. The summed E-state index contributed by atoms with van der Waals surface area (Å²) in [6.07, 6.45) is 2.95. The van der Waals surface area contributed by atoms with E-state index in [9.17, 15) is 9.59 Å². The number of nitrogens with two attached hydrogens (primary N) is 1. The summed E-state index contributed by atoms with van der Waals surface area (Å²) in [6, 6.07) is 0. The number of hydrogen-bond acceptors (Lipinski definition) is 4. The summed E-state index contributed by atoms with van der Waals surface area (Å²) in [4.78, 5) is 23.4. The van der Waals surface area contributed by atoms with Crippen molar-refractivity contribution in [3.05, 3.63) is 0 Å². The number of carbonyl (C=O) groups is 2. The number of esters is 1. The van der Waals surface area contributed by atoms with Gasteiger partial charge in [0.25, 0.3) is 0 Å². The van der Waals surface area contributed by atoms with E-state index in [1.54, 1.807) is 6.92 Å². The van der Waals surface area contributed by atoms with E-state index in [-0.39, 0.29) is 23.6 Å². The smallest absolute Gasteiger partial charge is 0.309 e. The lowest BCUT2D eigenvalue weighted by Gasteiger charge is -2.27. The number of ketones is 1. The minimum Gasteiger partial charge on any atom is -0.460 e. The third-order valence-corrected chi connectivity index (χ3v) is 2.98. The first-order valence-electron chi connectivity index (χ1n) is 7.09. The Morgan fingerprint density at radius 1 is 1.21 bits per heavy atom. The molecule has 0 rings (SSSR count). The van der Waals surface area contributed by atoms with Crippen LogP contribution in [0.3, 0.4) is 0 Å². The van der Waals surface area contributed by atoms with Crippen LogP contribution in [0.5, 0.6) is 0 Å². The minimum absolute atomic E-state index is 0.0186. The third-order valence-electron chi connectivity index (χ3n) is 2.98. The summed E-state index contributed by atoms with van der Waals surface area (Å²) in [6.45, 7) is 9.70. The number of unbranched alkanes of at least 4 members (excludes halogenated alkanes) is 1. The van der Waals surface area contributed by atoms with Crippen LogP contribution in [0, 0.1) is 11.8 Å². The molecule has 4 nitrogen and oxygen atoms in total. The summed E-state index contributed by atoms with van der Waals surface area (Å²) in [7, 11) is 0. The second-order valence-electron chi connectivity index (χ2n) is 6.31. The van der Waals surface area contributed by atoms with Crippen LogP contribution in [0.1, 0.15) is 60.3 Å². The van der Waals surface area contributed by atoms with Gasteiger partial charge in [-0.25, -0.2) is 0 Å². The van der Waals surface area contributed by atoms with Gasteiger partial charge < -0.3 is 15.3 Å². The number of carbonyl (C=O) groups excluding carboxylic acids is 2. The largest absolute Gasteiger partial charge is 0.460 e. The molecule has 0 aliphatic rings. The zero-order chi connectivity index (χ0) is 15.1. The van der Waals surface area contributed by atoms with E-state index >= 15 is 0 Å². The molecule has 112 valence electrons. The first kappa shape index (κ1) is 18.1. The van der Waals surface area contributed by atoms with Crippen molar-refractivity contribution in [3.63, 3.8) is 0 Å². The Balaban J connectivity index is 4.64. The molecule has 0 amide bonds. The van der Waals surface area contributed by atoms with E-state index in [4.69, 9.17) is 10.5 Å². The van der Waals surface area contributed by atoms with Gasteiger partial charge in [0.15, 0.2) is 0 Å². The molecule has 0 bridgehead atoms. The number of rotatable bonds is 8. The Hall–Kier alpha value is -0.900. The highest BCUT2D eigenvalue weighted by molar-refractivity contribution is 5.78. The standard InChI is InChI=1S/C15H29NO3/c1-11(10-12(2)17)13(8-6-7-9-16)14(18)19-15(3,4)5/h11,13H,6-10,16H2,1-5H3. The van der Waals surface area contributed by atoms with Crippen LogP contribution in [0.2, 0.25) is 0 Å². The van der Waals surface area contributed by atoms with Crippen molar-refractivity contribution >= 4 is 11.8 Å². The van der Waals surface area contributed by atoms with Crippen LogP contribution in [0.25, 0.3) is 0 Å². The van der Waals surface area contributed by atoms with E-state index in [2.05, 4.69) is 0 Å². The maximum Gasteiger partial charge on any atom is 0.309 e. The number of ether oxygens (including phenoxy) is 1. The van der Waals surface area contributed by atoms with Gasteiger partial charge in [-0.05, 0) is 53.0 Å². The van der Waals surface area contributed by atoms with Crippen molar-refractivity contribution in [1.29, 1.82) is 0 Å². The van der Waals surface area contributed by atoms with E-state index < -0.39 is 5.60 Å². The predicted octanol–water partition coefficient (Wildman–Crippen LogP) is 2.69. The van der Waals surface area contributed by atoms with Gasteiger partial charge >= 0.3 is 5.97 Å². The molecule has 0 saturated heterocycles. The van der Waals surface area contributed by atoms with Gasteiger partial charge in [0.05, 0.1) is 5.92 Å². The highest BCUT2D eigenvalue weighted by Gasteiger charge is 2.29. The molecule has 0 aliphatic heterocycles. The molecule has 0 spiro atoms. The monoisotopic (exact) mass is 271 g/mol. The normalized spacial score (nSPS) is 14.8. The highest BCUT2D eigenvalue weighted by Crippen LogP contribution is 2.25. The Kier molecular flexibility index (Phi) is 7.91. The molecule has 2 atom stereocenters. The topological polar surface area (TPSA) is 69.4 Å². The average molecular weight is 271 g/mol. The molecular weight excluding hydrogens is 242 g/mol. The maximum atomic E-state index is 12.2. The van der Waals surface area contributed by atoms with Gasteiger partial charge in [0.1, 0.15) is 11.4 Å². The van der Waals surface area contributed by atoms with E-state index in [1.165, 1.54) is 0 Å². The molecular formula is C15H29NO3. The highest BCUT2D eigenvalue weighted by atomic mass is 16.6. The molecule has 4 heteroatoms. The maximum absolute atomic E-state index is 12.2. The van der Waals surface area contributed by atoms with Crippen molar-refractivity contribution in [2.45, 2.75) is 65.9 Å². The lowest BCUT2D eigenvalue weighted by atomic mass is 9.86. The zero-order valence-electron chi connectivity index (χ0n) is 13.0. The van der Waals surface area contributed by atoms with E-state index in [0.717, 1.165) is 19.3 Å². The molecule has 0 aromatic carbocycles. The lowest BCUT2D eigenvalue weighted by Crippen LogP contribution is -2.32. The van der Waals surface area contributed by atoms with Crippen LogP contribution in [0.15, 0.2) is 0 Å². The molecule has 19 heavy (non-hydrogen) atoms. The second kappa shape index (κ2) is 8.31. The van der Waals surface area contributed by atoms with Gasteiger partial charge in [-0.2, -0.15) is 0 Å². The summed E-state index contributed by atoms with van der Waals surface area (Å²) in [5.74, 6) is -0.280. The van der Waals surface area contributed by atoms with Gasteiger partial charge in [0, 0.05) is 6.42 Å². The van der Waals surface area contributed by atoms with Gasteiger partial charge in [-0.3, -0.25) is 4.79 Å². The molecule has 0 aromatic rings. The van der Waals surface area contributed by atoms with Gasteiger partial charge in [-0.15, -0.1) is 0 Å². The van der Waals surface area contributed by atoms with E-state index in [0.29, 0.717) is 13.0 Å². The quantitative estimate of drug-likeness (QED) is 0.544. The fourth-order valence-electron chi connectivity index (χ4n) is 2.12. The molecule has 0 fully saturated rings. The second-order valence-corrected chi connectivity index (χ2v) is 6.31. The van der Waals surface area contributed by atoms with Crippen molar-refractivity contribution < 1.29 is 14.3 Å². The van der Waals surface area contributed by atoms with Crippen molar-refractivity contribution in [1.82, 2.24) is 0 Å². The molecule has 2 unspecified atom stereocenters. The summed E-state index contributed by atoms with van der Waals surface area (Å²) < 4.78 is 5.45. The number of hydrogen-bond donors (Lipinski definition) is 1. The van der Waals surface area contributed by atoms with Crippen molar-refractivity contribution in [2.24, 2.45) is 17.6 Å². The van der Waals surface area contributed by atoms with E-state index in [1.807, 2.05) is 27.7 Å². The molecule has 0 saturated carbocycles. The summed E-state index contributed by atoms with van der Waals surface area (Å²) in [5, 5.41) is 0. The van der Waals surface area contributed by atoms with Crippen molar-refractivity contribution in [2.75, 3.05) is 6.54 Å². The van der Waals surface area contributed by atoms with Crippen LogP contribution in [-0.2, 0) is 14.3 Å². The molecule has 2 N–H and O–H groups in total. The van der Waals surface area contributed by atoms with Crippen LogP contribution >= 0.6 is 0 Å². The van der Waals surface area contributed by atoms with Crippen LogP contribution in [-0.4, -0.2) is 23.9 Å². The minimum atomic E-state index is -0.487. The first-order valence-corrected chi connectivity index (χ1v) is 7.09. The molecule has 0 heterocycles. The van der Waals surface area contributed by atoms with Gasteiger partial charge in [-0.1, -0.05) is 13.3 Å². The first-order chi connectivity index (χ1) is 8.67. The third kappa shape index (κ3) is 8.76. The van der Waals surface area contributed by atoms with Crippen LogP contribution < -0.4 is 5.73 Å². The fourth-order valence-corrected chi connectivity index (χ4v) is 2.12. The average Bonchev–Trinajstić information content (AvgIpc) is 2.20. The Labute approximate surface area is 117 Å². The Morgan fingerprint density at radius 2 is 1.79 bits per heavy atom. The summed E-state index contributed by atoms with van der Waals surface area (Å²) >= 11 is 0. The zero-order valence-corrected chi connectivity index (χ0v) is 13.0. The van der Waals surface area contributed by atoms with Crippen molar-refractivity contribution in [3.8, 4) is 0 Å². The Bertz CT molecular complexity index is 294. The molecule has 0 aromatic heterocycles. The van der Waals surface area contributed by atoms with Gasteiger partial charge in [0.2, 0.25) is 0 Å². The lowest BCUT2D eigenvalue weighted by molar-refractivity contribution is -0.162. The predicted molar refractivity (Wildman–Crippen MR) is 76.7 cm³/mol. The van der Waals surface area contributed by atoms with Crippen LogP contribution in [0.4, 0.5) is 0 Å². The fraction of sp³-hybridized carbons (Fsp3) is 0.867.